The number of methoxy groups -OCH3 is 2. The fraction of sp³-hybridized carbons (Fsp3) is 0.571. The van der Waals surface area contributed by atoms with Gasteiger partial charge in [0, 0.05) is 25.9 Å². The molecule has 1 N–H and O–H groups in total. The van der Waals surface area contributed by atoms with Crippen molar-refractivity contribution in [3.05, 3.63) is 24.3 Å². The van der Waals surface area contributed by atoms with Crippen LogP contribution in [0.15, 0.2) is 24.3 Å². The molecule has 0 saturated heterocycles. The number of ether oxygens (including phenoxy) is 3. The molecular formula is C14H21NO3. The van der Waals surface area contributed by atoms with Crippen LogP contribution >= 0.6 is 0 Å². The molecule has 1 fully saturated rings. The monoisotopic (exact) mass is 251 g/mol. The van der Waals surface area contributed by atoms with E-state index in [0.29, 0.717) is 25.4 Å². The summed E-state index contributed by atoms with van der Waals surface area (Å²) < 4.78 is 15.7. The fourth-order valence-electron chi connectivity index (χ4n) is 2.00. The van der Waals surface area contributed by atoms with Crippen molar-refractivity contribution in [2.45, 2.75) is 25.0 Å². The standard InChI is InChI=1S/C14H21NO3/c1-16-7-8-18-13-5-3-11(4-6-13)15-12-9-14(10-12)17-2/h3-6,12,14-15H,7-10H2,1-2H3. The number of hydrogen-bond donors (Lipinski definition) is 1. The molecule has 0 radical (unpaired) electrons. The zero-order valence-corrected chi connectivity index (χ0v) is 11.0. The predicted molar refractivity (Wildman–Crippen MR) is 71.3 cm³/mol. The van der Waals surface area contributed by atoms with Crippen molar-refractivity contribution in [3.8, 4) is 5.75 Å². The Morgan fingerprint density at radius 2 is 1.83 bits per heavy atom. The highest BCUT2D eigenvalue weighted by molar-refractivity contribution is 5.47. The number of anilines is 1. The van der Waals surface area contributed by atoms with Crippen LogP contribution in [0.5, 0.6) is 5.75 Å². The van der Waals surface area contributed by atoms with Crippen molar-refractivity contribution < 1.29 is 14.2 Å². The number of nitrogens with one attached hydrogen (secondary N) is 1. The van der Waals surface area contributed by atoms with Crippen LogP contribution in [0.25, 0.3) is 0 Å². The molecule has 0 atom stereocenters. The second kappa shape index (κ2) is 6.61. The minimum atomic E-state index is 0.430. The van der Waals surface area contributed by atoms with Crippen LogP contribution in [-0.2, 0) is 9.47 Å². The van der Waals surface area contributed by atoms with E-state index in [2.05, 4.69) is 5.32 Å². The molecule has 4 heteroatoms. The summed E-state index contributed by atoms with van der Waals surface area (Å²) in [5, 5.41) is 3.48. The molecule has 1 saturated carbocycles. The Bertz CT molecular complexity index is 347. The Hall–Kier alpha value is -1.26. The molecule has 0 spiro atoms. The van der Waals surface area contributed by atoms with Gasteiger partial charge in [0.2, 0.25) is 0 Å². The van der Waals surface area contributed by atoms with Gasteiger partial charge in [-0.25, -0.2) is 0 Å². The van der Waals surface area contributed by atoms with E-state index in [1.165, 1.54) is 0 Å². The summed E-state index contributed by atoms with van der Waals surface area (Å²) in [6, 6.07) is 8.58. The normalized spacial score (nSPS) is 22.3. The third kappa shape index (κ3) is 3.62. The second-order valence-electron chi connectivity index (χ2n) is 4.54. The average molecular weight is 251 g/mol. The van der Waals surface area contributed by atoms with Gasteiger partial charge in [0.1, 0.15) is 12.4 Å². The molecule has 1 aliphatic carbocycles. The molecular weight excluding hydrogens is 230 g/mol. The average Bonchev–Trinajstić information content (AvgIpc) is 2.35. The summed E-state index contributed by atoms with van der Waals surface area (Å²) in [7, 11) is 3.44. The molecule has 4 nitrogen and oxygen atoms in total. The quantitative estimate of drug-likeness (QED) is 0.755. The SMILES string of the molecule is COCCOc1ccc(NC2CC(OC)C2)cc1. The maximum atomic E-state index is 5.51. The van der Waals surface area contributed by atoms with Crippen molar-refractivity contribution in [2.75, 3.05) is 32.8 Å². The zero-order chi connectivity index (χ0) is 12.8. The van der Waals surface area contributed by atoms with E-state index < -0.39 is 0 Å². The number of rotatable bonds is 7. The summed E-state index contributed by atoms with van der Waals surface area (Å²) in [4.78, 5) is 0. The molecule has 0 heterocycles. The van der Waals surface area contributed by atoms with Crippen LogP contribution in [-0.4, -0.2) is 39.6 Å². The van der Waals surface area contributed by atoms with E-state index in [9.17, 15) is 0 Å². The number of hydrogen-bond acceptors (Lipinski definition) is 4. The van der Waals surface area contributed by atoms with Gasteiger partial charge < -0.3 is 19.5 Å². The van der Waals surface area contributed by atoms with E-state index in [1.54, 1.807) is 14.2 Å². The molecule has 1 aliphatic rings. The van der Waals surface area contributed by atoms with Crippen molar-refractivity contribution in [1.29, 1.82) is 0 Å². The summed E-state index contributed by atoms with van der Waals surface area (Å²) in [5.74, 6) is 0.876. The lowest BCUT2D eigenvalue weighted by Crippen LogP contribution is -2.40. The molecule has 0 aliphatic heterocycles. The van der Waals surface area contributed by atoms with Crippen LogP contribution in [0.4, 0.5) is 5.69 Å². The van der Waals surface area contributed by atoms with Gasteiger partial charge in [-0.3, -0.25) is 0 Å². The van der Waals surface area contributed by atoms with E-state index in [0.717, 1.165) is 24.3 Å². The first-order chi connectivity index (χ1) is 8.81. The van der Waals surface area contributed by atoms with Gasteiger partial charge in [-0.05, 0) is 37.1 Å². The lowest BCUT2D eigenvalue weighted by atomic mass is 9.89. The Labute approximate surface area is 108 Å². The molecule has 1 aromatic carbocycles. The van der Waals surface area contributed by atoms with Gasteiger partial charge in [0.15, 0.2) is 0 Å². The minimum absolute atomic E-state index is 0.430. The van der Waals surface area contributed by atoms with E-state index >= 15 is 0 Å². The molecule has 0 aromatic heterocycles. The molecule has 2 rings (SSSR count). The van der Waals surface area contributed by atoms with Crippen LogP contribution in [0, 0.1) is 0 Å². The second-order valence-corrected chi connectivity index (χ2v) is 4.54. The Kier molecular flexibility index (Phi) is 4.84. The van der Waals surface area contributed by atoms with E-state index in [1.807, 2.05) is 24.3 Å². The highest BCUT2D eigenvalue weighted by atomic mass is 16.5. The molecule has 0 amide bonds. The largest absolute Gasteiger partial charge is 0.491 e. The van der Waals surface area contributed by atoms with Crippen LogP contribution < -0.4 is 10.1 Å². The minimum Gasteiger partial charge on any atom is -0.491 e. The van der Waals surface area contributed by atoms with Gasteiger partial charge in [0.25, 0.3) is 0 Å². The lowest BCUT2D eigenvalue weighted by Gasteiger charge is -2.35. The summed E-state index contributed by atoms with van der Waals surface area (Å²) >= 11 is 0. The number of benzene rings is 1. The van der Waals surface area contributed by atoms with Crippen molar-refractivity contribution in [2.24, 2.45) is 0 Å². The Balaban J connectivity index is 1.74. The van der Waals surface area contributed by atoms with Gasteiger partial charge in [-0.15, -0.1) is 0 Å². The van der Waals surface area contributed by atoms with Crippen molar-refractivity contribution in [1.82, 2.24) is 0 Å². The first-order valence-corrected chi connectivity index (χ1v) is 6.33. The van der Waals surface area contributed by atoms with Gasteiger partial charge in [0.05, 0.1) is 12.7 Å². The van der Waals surface area contributed by atoms with Crippen LogP contribution in [0.3, 0.4) is 0 Å². The van der Waals surface area contributed by atoms with E-state index in [-0.39, 0.29) is 0 Å². The third-order valence-electron chi connectivity index (χ3n) is 3.21. The van der Waals surface area contributed by atoms with Gasteiger partial charge in [-0.2, -0.15) is 0 Å². The molecule has 0 unspecified atom stereocenters. The first kappa shape index (κ1) is 13.2. The van der Waals surface area contributed by atoms with Crippen LogP contribution in [0.2, 0.25) is 0 Å². The molecule has 100 valence electrons. The predicted octanol–water partition coefficient (Wildman–Crippen LogP) is 2.30. The highest BCUT2D eigenvalue weighted by Gasteiger charge is 2.28. The topological polar surface area (TPSA) is 39.7 Å². The summed E-state index contributed by atoms with van der Waals surface area (Å²) in [6.45, 7) is 1.20. The first-order valence-electron chi connectivity index (χ1n) is 6.33. The van der Waals surface area contributed by atoms with E-state index in [4.69, 9.17) is 14.2 Å². The fourth-order valence-corrected chi connectivity index (χ4v) is 2.00. The van der Waals surface area contributed by atoms with Crippen molar-refractivity contribution in [3.63, 3.8) is 0 Å². The van der Waals surface area contributed by atoms with Gasteiger partial charge in [-0.1, -0.05) is 0 Å². The third-order valence-corrected chi connectivity index (χ3v) is 3.21. The summed E-state index contributed by atoms with van der Waals surface area (Å²) in [6.07, 6.45) is 2.60. The molecule has 18 heavy (non-hydrogen) atoms. The molecule has 1 aromatic rings. The summed E-state index contributed by atoms with van der Waals surface area (Å²) in [5.41, 5.74) is 1.13. The van der Waals surface area contributed by atoms with Crippen LogP contribution in [0.1, 0.15) is 12.8 Å². The highest BCUT2D eigenvalue weighted by Crippen LogP contribution is 2.26. The maximum Gasteiger partial charge on any atom is 0.119 e. The van der Waals surface area contributed by atoms with Crippen molar-refractivity contribution >= 4 is 5.69 Å². The van der Waals surface area contributed by atoms with Gasteiger partial charge >= 0.3 is 0 Å². The lowest BCUT2D eigenvalue weighted by molar-refractivity contribution is 0.0329. The smallest absolute Gasteiger partial charge is 0.119 e. The molecule has 0 bridgehead atoms. The zero-order valence-electron chi connectivity index (χ0n) is 11.0. The maximum absolute atomic E-state index is 5.51. The Morgan fingerprint density at radius 3 is 2.44 bits per heavy atom. The Morgan fingerprint density at radius 1 is 1.11 bits per heavy atom.